The molecule has 0 amide bonds. The van der Waals surface area contributed by atoms with Crippen LogP contribution in [0.15, 0.2) is 24.3 Å². The highest BCUT2D eigenvalue weighted by Crippen LogP contribution is 2.30. The summed E-state index contributed by atoms with van der Waals surface area (Å²) in [5.74, 6) is 1.39. The molecular formula is C17H28N2. The van der Waals surface area contributed by atoms with Gasteiger partial charge in [-0.25, -0.2) is 0 Å². The van der Waals surface area contributed by atoms with Gasteiger partial charge in [-0.2, -0.15) is 0 Å². The molecular weight excluding hydrogens is 232 g/mol. The van der Waals surface area contributed by atoms with Crippen LogP contribution in [-0.2, 0) is 6.42 Å². The maximum absolute atomic E-state index is 3.63. The number of para-hydroxylation sites is 1. The number of hydrogen-bond acceptors (Lipinski definition) is 2. The van der Waals surface area contributed by atoms with Gasteiger partial charge in [0.1, 0.15) is 0 Å². The van der Waals surface area contributed by atoms with Gasteiger partial charge in [-0.3, -0.25) is 0 Å². The van der Waals surface area contributed by atoms with Gasteiger partial charge in [-0.1, -0.05) is 45.9 Å². The largest absolute Gasteiger partial charge is 0.366 e. The normalized spacial score (nSPS) is 16.2. The minimum Gasteiger partial charge on any atom is -0.366 e. The van der Waals surface area contributed by atoms with E-state index in [1.165, 1.54) is 24.2 Å². The lowest BCUT2D eigenvalue weighted by atomic mass is 10.0. The molecule has 0 saturated heterocycles. The maximum atomic E-state index is 3.63. The van der Waals surface area contributed by atoms with E-state index in [0.717, 1.165) is 19.0 Å². The van der Waals surface area contributed by atoms with Crippen LogP contribution in [0.3, 0.4) is 0 Å². The number of nitrogens with one attached hydrogen (secondary N) is 1. The molecule has 0 saturated carbocycles. The third-order valence-corrected chi connectivity index (χ3v) is 4.00. The van der Waals surface area contributed by atoms with Gasteiger partial charge in [0.05, 0.1) is 0 Å². The number of nitrogens with zero attached hydrogens (tertiary/aromatic N) is 1. The molecule has 0 aliphatic carbocycles. The van der Waals surface area contributed by atoms with E-state index >= 15 is 0 Å². The van der Waals surface area contributed by atoms with E-state index in [-0.39, 0.29) is 0 Å². The van der Waals surface area contributed by atoms with Gasteiger partial charge < -0.3 is 10.2 Å². The third kappa shape index (κ3) is 3.50. The van der Waals surface area contributed by atoms with Crippen molar-refractivity contribution in [2.24, 2.45) is 11.8 Å². The Balaban J connectivity index is 2.04. The molecule has 1 aromatic rings. The molecule has 0 aromatic heterocycles. The van der Waals surface area contributed by atoms with Crippen LogP contribution in [0, 0.1) is 11.8 Å². The zero-order valence-electron chi connectivity index (χ0n) is 12.8. The minimum absolute atomic E-state index is 0.599. The highest BCUT2D eigenvalue weighted by molar-refractivity contribution is 5.58. The molecule has 19 heavy (non-hydrogen) atoms. The van der Waals surface area contributed by atoms with Crippen molar-refractivity contribution in [3.8, 4) is 0 Å². The van der Waals surface area contributed by atoms with Gasteiger partial charge >= 0.3 is 0 Å². The fraction of sp³-hybridized carbons (Fsp3) is 0.647. The van der Waals surface area contributed by atoms with Gasteiger partial charge in [0, 0.05) is 24.8 Å². The second kappa shape index (κ2) is 6.42. The highest BCUT2D eigenvalue weighted by Gasteiger charge is 2.27. The molecule has 1 heterocycles. The van der Waals surface area contributed by atoms with Crippen molar-refractivity contribution in [2.45, 2.75) is 40.2 Å². The second-order valence-corrected chi connectivity index (χ2v) is 6.44. The van der Waals surface area contributed by atoms with E-state index in [9.17, 15) is 0 Å². The Morgan fingerprint density at radius 3 is 2.53 bits per heavy atom. The Kier molecular flexibility index (Phi) is 4.87. The lowest BCUT2D eigenvalue weighted by molar-refractivity contribution is 0.418. The smallest absolute Gasteiger partial charge is 0.0437 e. The quantitative estimate of drug-likeness (QED) is 0.844. The molecule has 2 nitrogen and oxygen atoms in total. The number of rotatable bonds is 6. The van der Waals surface area contributed by atoms with E-state index in [4.69, 9.17) is 0 Å². The molecule has 106 valence electrons. The molecule has 0 radical (unpaired) electrons. The maximum Gasteiger partial charge on any atom is 0.0437 e. The number of anilines is 1. The van der Waals surface area contributed by atoms with E-state index in [0.29, 0.717) is 12.0 Å². The van der Waals surface area contributed by atoms with Crippen LogP contribution in [0.1, 0.15) is 33.3 Å². The van der Waals surface area contributed by atoms with Crippen molar-refractivity contribution in [3.63, 3.8) is 0 Å². The molecule has 1 aromatic carbocycles. The number of hydrogen-bond donors (Lipinski definition) is 1. The van der Waals surface area contributed by atoms with Gasteiger partial charge in [0.15, 0.2) is 0 Å². The first kappa shape index (κ1) is 14.4. The van der Waals surface area contributed by atoms with E-state index in [1.807, 2.05) is 0 Å². The summed E-state index contributed by atoms with van der Waals surface area (Å²) in [6.07, 6.45) is 1.20. The zero-order valence-corrected chi connectivity index (χ0v) is 12.8. The Hall–Kier alpha value is -1.02. The van der Waals surface area contributed by atoms with Crippen LogP contribution in [0.5, 0.6) is 0 Å². The van der Waals surface area contributed by atoms with Crippen molar-refractivity contribution >= 4 is 5.69 Å². The summed E-state index contributed by atoms with van der Waals surface area (Å²) in [6.45, 7) is 12.6. The molecule has 1 aliphatic heterocycles. The van der Waals surface area contributed by atoms with Crippen molar-refractivity contribution in [1.82, 2.24) is 5.32 Å². The predicted molar refractivity (Wildman–Crippen MR) is 83.8 cm³/mol. The van der Waals surface area contributed by atoms with Crippen molar-refractivity contribution < 1.29 is 0 Å². The lowest BCUT2D eigenvalue weighted by Crippen LogP contribution is -2.45. The molecule has 0 fully saturated rings. The van der Waals surface area contributed by atoms with E-state index in [2.05, 4.69) is 62.2 Å². The second-order valence-electron chi connectivity index (χ2n) is 6.44. The molecule has 1 aliphatic rings. The minimum atomic E-state index is 0.599. The van der Waals surface area contributed by atoms with Gasteiger partial charge in [0.2, 0.25) is 0 Å². The Morgan fingerprint density at radius 1 is 1.11 bits per heavy atom. The van der Waals surface area contributed by atoms with Crippen molar-refractivity contribution in [2.75, 3.05) is 24.5 Å². The molecule has 1 N–H and O–H groups in total. The third-order valence-electron chi connectivity index (χ3n) is 4.00. The van der Waals surface area contributed by atoms with Crippen LogP contribution >= 0.6 is 0 Å². The van der Waals surface area contributed by atoms with Crippen molar-refractivity contribution in [1.29, 1.82) is 0 Å². The summed E-state index contributed by atoms with van der Waals surface area (Å²) in [5.41, 5.74) is 2.96. The fourth-order valence-electron chi connectivity index (χ4n) is 2.93. The summed E-state index contributed by atoms with van der Waals surface area (Å²) in [6, 6.07) is 9.47. The first-order valence-electron chi connectivity index (χ1n) is 7.65. The van der Waals surface area contributed by atoms with Gasteiger partial charge in [0.25, 0.3) is 0 Å². The summed E-state index contributed by atoms with van der Waals surface area (Å²) in [5, 5.41) is 3.63. The Morgan fingerprint density at radius 2 is 1.84 bits per heavy atom. The molecule has 2 heteroatoms. The number of benzene rings is 1. The Labute approximate surface area is 118 Å². The van der Waals surface area contributed by atoms with Crippen LogP contribution in [-0.4, -0.2) is 25.7 Å². The SMILES string of the molecule is CC(C)CNCC(C(C)C)N1CCc2ccccc21. The molecule has 1 unspecified atom stereocenters. The first-order chi connectivity index (χ1) is 9.09. The Bertz CT molecular complexity index is 398. The summed E-state index contributed by atoms with van der Waals surface area (Å²) in [4.78, 5) is 2.60. The van der Waals surface area contributed by atoms with Crippen LogP contribution in [0.4, 0.5) is 5.69 Å². The lowest BCUT2D eigenvalue weighted by Gasteiger charge is -2.34. The molecule has 0 spiro atoms. The highest BCUT2D eigenvalue weighted by atomic mass is 15.2. The van der Waals surface area contributed by atoms with Crippen LogP contribution in [0.2, 0.25) is 0 Å². The van der Waals surface area contributed by atoms with E-state index in [1.54, 1.807) is 0 Å². The van der Waals surface area contributed by atoms with Crippen LogP contribution in [0.25, 0.3) is 0 Å². The zero-order chi connectivity index (χ0) is 13.8. The topological polar surface area (TPSA) is 15.3 Å². The van der Waals surface area contributed by atoms with Crippen molar-refractivity contribution in [3.05, 3.63) is 29.8 Å². The average molecular weight is 260 g/mol. The van der Waals surface area contributed by atoms with Gasteiger partial charge in [-0.15, -0.1) is 0 Å². The number of fused-ring (bicyclic) bond motifs is 1. The standard InChI is InChI=1S/C17H28N2/c1-13(2)11-18-12-17(14(3)4)19-10-9-15-7-5-6-8-16(15)19/h5-8,13-14,17-18H,9-12H2,1-4H3. The monoisotopic (exact) mass is 260 g/mol. The van der Waals surface area contributed by atoms with E-state index < -0.39 is 0 Å². The summed E-state index contributed by atoms with van der Waals surface area (Å²) < 4.78 is 0. The predicted octanol–water partition coefficient (Wildman–Crippen LogP) is 3.32. The fourth-order valence-corrected chi connectivity index (χ4v) is 2.93. The molecule has 1 atom stereocenters. The summed E-state index contributed by atoms with van der Waals surface area (Å²) >= 11 is 0. The van der Waals surface area contributed by atoms with Crippen LogP contribution < -0.4 is 10.2 Å². The summed E-state index contributed by atoms with van der Waals surface area (Å²) in [7, 11) is 0. The van der Waals surface area contributed by atoms with Gasteiger partial charge in [-0.05, 0) is 36.4 Å². The first-order valence-corrected chi connectivity index (χ1v) is 7.65. The molecule has 2 rings (SSSR count). The molecule has 0 bridgehead atoms. The average Bonchev–Trinajstić information content (AvgIpc) is 2.77.